The van der Waals surface area contributed by atoms with E-state index in [1.165, 1.54) is 18.3 Å². The van der Waals surface area contributed by atoms with Crippen molar-refractivity contribution < 1.29 is 9.50 Å². The maximum Gasteiger partial charge on any atom is 0.159 e. The summed E-state index contributed by atoms with van der Waals surface area (Å²) in [5, 5.41) is 17.9. The first-order chi connectivity index (χ1) is 16.0. The number of halogens is 1. The molecule has 1 aromatic carbocycles. The highest BCUT2D eigenvalue weighted by molar-refractivity contribution is 5.96. The lowest BCUT2D eigenvalue weighted by molar-refractivity contribution is 0.473. The van der Waals surface area contributed by atoms with Crippen molar-refractivity contribution >= 4 is 22.1 Å². The molecule has 0 saturated carbocycles. The number of aryl methyl sites for hydroxylation is 1. The van der Waals surface area contributed by atoms with Crippen molar-refractivity contribution in [2.45, 2.75) is 6.92 Å². The molecule has 0 spiro atoms. The molecule has 9 heteroatoms. The topological polar surface area (TPSA) is 116 Å². The van der Waals surface area contributed by atoms with Crippen LogP contribution in [0.3, 0.4) is 0 Å². The van der Waals surface area contributed by atoms with E-state index in [1.807, 2.05) is 25.1 Å². The fraction of sp³-hybridized carbons (Fsp3) is 0.0417. The molecule has 0 fully saturated rings. The third-order valence-electron chi connectivity index (χ3n) is 5.41. The van der Waals surface area contributed by atoms with Gasteiger partial charge < -0.3 is 10.1 Å². The molecule has 0 unspecified atom stereocenters. The number of aromatic nitrogens is 7. The first-order valence-corrected chi connectivity index (χ1v) is 10.2. The largest absolute Gasteiger partial charge is 0.506 e. The third-order valence-corrected chi connectivity index (χ3v) is 5.41. The van der Waals surface area contributed by atoms with Gasteiger partial charge in [-0.25, -0.2) is 14.4 Å². The molecule has 0 amide bonds. The second-order valence-electron chi connectivity index (χ2n) is 7.78. The second kappa shape index (κ2) is 7.20. The molecule has 0 bridgehead atoms. The summed E-state index contributed by atoms with van der Waals surface area (Å²) in [6.07, 6.45) is 6.38. The van der Waals surface area contributed by atoms with Gasteiger partial charge in [-0.2, -0.15) is 5.10 Å². The smallest absolute Gasteiger partial charge is 0.159 e. The number of imidazole rings is 1. The number of fused-ring (bicyclic) bond motifs is 2. The Hall–Kier alpha value is -4.66. The lowest BCUT2D eigenvalue weighted by atomic mass is 10.1. The maximum atomic E-state index is 14.0. The quantitative estimate of drug-likeness (QED) is 0.367. The Morgan fingerprint density at radius 1 is 0.909 bits per heavy atom. The van der Waals surface area contributed by atoms with Crippen LogP contribution in [0.15, 0.2) is 61.2 Å². The van der Waals surface area contributed by atoms with Gasteiger partial charge in [0.15, 0.2) is 11.5 Å². The molecule has 8 nitrogen and oxygen atoms in total. The van der Waals surface area contributed by atoms with E-state index in [0.29, 0.717) is 33.9 Å². The monoisotopic (exact) mass is 437 g/mol. The van der Waals surface area contributed by atoms with Crippen LogP contribution in [-0.4, -0.2) is 40.2 Å². The summed E-state index contributed by atoms with van der Waals surface area (Å²) in [6, 6.07) is 10.2. The van der Waals surface area contributed by atoms with E-state index in [1.54, 1.807) is 24.7 Å². The molecule has 160 valence electrons. The molecule has 6 aromatic rings. The van der Waals surface area contributed by atoms with Crippen molar-refractivity contribution in [3.63, 3.8) is 0 Å². The SMILES string of the molecule is Cc1cc(F)cc(-c2nccc3[nH]c(-c4n[nH]c5ncc(-c6cncc(O)c6)cc45)nc23)c1. The van der Waals surface area contributed by atoms with Gasteiger partial charge in [0, 0.05) is 35.3 Å². The summed E-state index contributed by atoms with van der Waals surface area (Å²) >= 11 is 0. The second-order valence-corrected chi connectivity index (χ2v) is 7.78. The Morgan fingerprint density at radius 2 is 1.79 bits per heavy atom. The van der Waals surface area contributed by atoms with E-state index in [9.17, 15) is 9.50 Å². The zero-order valence-corrected chi connectivity index (χ0v) is 17.3. The van der Waals surface area contributed by atoms with E-state index < -0.39 is 0 Å². The third kappa shape index (κ3) is 3.26. The van der Waals surface area contributed by atoms with Crippen LogP contribution in [0.2, 0.25) is 0 Å². The number of nitrogens with zero attached hydrogens (tertiary/aromatic N) is 5. The van der Waals surface area contributed by atoms with E-state index in [0.717, 1.165) is 27.6 Å². The summed E-state index contributed by atoms with van der Waals surface area (Å²) < 4.78 is 14.0. The van der Waals surface area contributed by atoms with Gasteiger partial charge in [0.05, 0.1) is 22.8 Å². The fourth-order valence-corrected chi connectivity index (χ4v) is 3.96. The van der Waals surface area contributed by atoms with Crippen molar-refractivity contribution in [1.82, 2.24) is 35.1 Å². The van der Waals surface area contributed by atoms with Gasteiger partial charge in [-0.3, -0.25) is 15.1 Å². The predicted octanol–water partition coefficient (Wildman–Crippen LogP) is 4.78. The van der Waals surface area contributed by atoms with Gasteiger partial charge in [-0.05, 0) is 48.9 Å². The number of pyridine rings is 3. The van der Waals surface area contributed by atoms with Crippen LogP contribution in [0.25, 0.3) is 56.0 Å². The summed E-state index contributed by atoms with van der Waals surface area (Å²) in [5.41, 5.74) is 6.12. The standard InChI is InChI=1S/C24H16FN7O/c1-12-4-13(6-16(25)5-12)20-22-19(2-3-27-20)29-24(30-22)21-18-8-15(10-28-23(18)32-31-21)14-7-17(33)11-26-9-14/h2-11,33H,1H3,(H,29,30)(H,28,31,32). The number of hydrogen-bond donors (Lipinski definition) is 3. The van der Waals surface area contributed by atoms with Gasteiger partial charge in [-0.15, -0.1) is 0 Å². The number of nitrogens with one attached hydrogen (secondary N) is 2. The number of H-pyrrole nitrogens is 2. The minimum atomic E-state index is -0.321. The summed E-state index contributed by atoms with van der Waals surface area (Å²) in [4.78, 5) is 21.0. The normalized spacial score (nSPS) is 11.5. The molecule has 5 aromatic heterocycles. The molecule has 5 heterocycles. The van der Waals surface area contributed by atoms with E-state index in [-0.39, 0.29) is 11.6 Å². The molecule has 0 aliphatic carbocycles. The molecule has 33 heavy (non-hydrogen) atoms. The number of aromatic hydroxyl groups is 1. The molecule has 3 N–H and O–H groups in total. The Balaban J connectivity index is 1.51. The van der Waals surface area contributed by atoms with Gasteiger partial charge in [0.25, 0.3) is 0 Å². The van der Waals surface area contributed by atoms with Crippen LogP contribution >= 0.6 is 0 Å². The van der Waals surface area contributed by atoms with E-state index in [2.05, 4.69) is 30.1 Å². The number of aromatic amines is 2. The zero-order chi connectivity index (χ0) is 22.5. The molecule has 0 saturated heterocycles. The van der Waals surface area contributed by atoms with Crippen LogP contribution in [0.5, 0.6) is 5.75 Å². The highest BCUT2D eigenvalue weighted by atomic mass is 19.1. The minimum absolute atomic E-state index is 0.0740. The van der Waals surface area contributed by atoms with Crippen molar-refractivity contribution in [1.29, 1.82) is 0 Å². The summed E-state index contributed by atoms with van der Waals surface area (Å²) in [7, 11) is 0. The number of rotatable bonds is 3. The average molecular weight is 437 g/mol. The van der Waals surface area contributed by atoms with Crippen molar-refractivity contribution in [3.05, 3.63) is 72.6 Å². The van der Waals surface area contributed by atoms with Crippen molar-refractivity contribution in [3.8, 4) is 39.7 Å². The molecular weight excluding hydrogens is 421 g/mol. The van der Waals surface area contributed by atoms with Gasteiger partial charge in [0.1, 0.15) is 22.8 Å². The van der Waals surface area contributed by atoms with Crippen molar-refractivity contribution in [2.75, 3.05) is 0 Å². The summed E-state index contributed by atoms with van der Waals surface area (Å²) in [5.74, 6) is 0.287. The Morgan fingerprint density at radius 3 is 2.64 bits per heavy atom. The first-order valence-electron chi connectivity index (χ1n) is 10.2. The lowest BCUT2D eigenvalue weighted by Crippen LogP contribution is -1.88. The Labute approximate surface area is 186 Å². The molecule has 6 rings (SSSR count). The Bertz CT molecular complexity index is 1650. The van der Waals surface area contributed by atoms with Crippen LogP contribution in [0, 0.1) is 12.7 Å². The fourth-order valence-electron chi connectivity index (χ4n) is 3.96. The van der Waals surface area contributed by atoms with Crippen LogP contribution in [-0.2, 0) is 0 Å². The molecular formula is C24H16FN7O. The Kier molecular flexibility index (Phi) is 4.16. The molecule has 0 atom stereocenters. The van der Waals surface area contributed by atoms with Gasteiger partial charge in [0.2, 0.25) is 0 Å². The molecule has 0 aliphatic rings. The molecule has 0 radical (unpaired) electrons. The van der Waals surface area contributed by atoms with Crippen LogP contribution in [0.1, 0.15) is 5.56 Å². The van der Waals surface area contributed by atoms with Crippen LogP contribution < -0.4 is 0 Å². The maximum absolute atomic E-state index is 14.0. The highest BCUT2D eigenvalue weighted by Gasteiger charge is 2.17. The van der Waals surface area contributed by atoms with E-state index in [4.69, 9.17) is 4.98 Å². The van der Waals surface area contributed by atoms with E-state index >= 15 is 0 Å². The molecule has 0 aliphatic heterocycles. The van der Waals surface area contributed by atoms with Crippen molar-refractivity contribution in [2.24, 2.45) is 0 Å². The van der Waals surface area contributed by atoms with Gasteiger partial charge in [-0.1, -0.05) is 0 Å². The first kappa shape index (κ1) is 19.1. The lowest BCUT2D eigenvalue weighted by Gasteiger charge is -2.03. The number of benzene rings is 1. The average Bonchev–Trinajstić information content (AvgIpc) is 3.41. The predicted molar refractivity (Wildman–Crippen MR) is 122 cm³/mol. The van der Waals surface area contributed by atoms with Gasteiger partial charge >= 0.3 is 0 Å². The zero-order valence-electron chi connectivity index (χ0n) is 17.3. The van der Waals surface area contributed by atoms with Crippen LogP contribution in [0.4, 0.5) is 4.39 Å². The highest BCUT2D eigenvalue weighted by Crippen LogP contribution is 2.32. The summed E-state index contributed by atoms with van der Waals surface area (Å²) in [6.45, 7) is 1.84. The number of hydrogen-bond acceptors (Lipinski definition) is 6. The minimum Gasteiger partial charge on any atom is -0.506 e.